The maximum Gasteiger partial charge on any atom is 0.407 e. The maximum atomic E-state index is 13.0. The van der Waals surface area contributed by atoms with Gasteiger partial charge in [-0.1, -0.05) is 48.5 Å². The summed E-state index contributed by atoms with van der Waals surface area (Å²) in [5.74, 6) is 3.49. The summed E-state index contributed by atoms with van der Waals surface area (Å²) < 4.78 is 5.52. The molecule has 34 heavy (non-hydrogen) atoms. The number of hydrogen-bond donors (Lipinski definition) is 3. The van der Waals surface area contributed by atoms with Crippen LogP contribution >= 0.6 is 0 Å². The fourth-order valence-corrected chi connectivity index (χ4v) is 4.68. The van der Waals surface area contributed by atoms with E-state index in [1.807, 2.05) is 48.5 Å². The Hall–Kier alpha value is -3.83. The number of aliphatic hydroxyl groups is 1. The van der Waals surface area contributed by atoms with Crippen LogP contribution in [0.3, 0.4) is 0 Å². The molecule has 8 nitrogen and oxygen atoms in total. The number of alkyl carbamates (subject to hydrolysis) is 1. The fraction of sp³-hybridized carbons (Fsp3) is 0.346. The predicted octanol–water partition coefficient (Wildman–Crippen LogP) is 2.35. The van der Waals surface area contributed by atoms with E-state index in [1.54, 1.807) is 6.92 Å². The average Bonchev–Trinajstić information content (AvgIpc) is 3.38. The molecule has 2 aromatic carbocycles. The van der Waals surface area contributed by atoms with Crippen LogP contribution in [0.2, 0.25) is 0 Å². The number of aliphatic carboxylic acids is 1. The monoisotopic (exact) mass is 462 g/mol. The quantitative estimate of drug-likeness (QED) is 0.568. The van der Waals surface area contributed by atoms with Crippen molar-refractivity contribution in [3.63, 3.8) is 0 Å². The smallest absolute Gasteiger partial charge is 0.407 e. The highest BCUT2D eigenvalue weighted by Crippen LogP contribution is 2.44. The fourth-order valence-electron chi connectivity index (χ4n) is 4.68. The van der Waals surface area contributed by atoms with Crippen molar-refractivity contribution in [2.45, 2.75) is 43.9 Å². The van der Waals surface area contributed by atoms with E-state index in [9.17, 15) is 24.6 Å². The third-order valence-corrected chi connectivity index (χ3v) is 6.26. The number of nitrogens with one attached hydrogen (secondary N) is 1. The van der Waals surface area contributed by atoms with Gasteiger partial charge in [-0.2, -0.15) is 0 Å². The SMILES string of the molecule is CC#CCC(NC(=O)OCC1c2ccccc2-c2ccccc21)C(=O)N1C[C@H](O)C[C@@H]1C(=O)O. The Morgan fingerprint density at radius 3 is 2.32 bits per heavy atom. The molecule has 3 N–H and O–H groups in total. The van der Waals surface area contributed by atoms with Crippen LogP contribution < -0.4 is 5.32 Å². The van der Waals surface area contributed by atoms with E-state index >= 15 is 0 Å². The third kappa shape index (κ3) is 4.61. The molecule has 176 valence electrons. The number of carbonyl (C=O) groups is 3. The number of ether oxygens (including phenoxy) is 1. The van der Waals surface area contributed by atoms with Crippen LogP contribution in [0.1, 0.15) is 36.8 Å². The number of benzene rings is 2. The van der Waals surface area contributed by atoms with Gasteiger partial charge in [0.05, 0.1) is 6.10 Å². The molecule has 2 aromatic rings. The molecule has 1 aliphatic heterocycles. The molecule has 0 spiro atoms. The van der Waals surface area contributed by atoms with E-state index in [0.29, 0.717) is 0 Å². The molecule has 0 saturated carbocycles. The van der Waals surface area contributed by atoms with Crippen LogP contribution in [0, 0.1) is 11.8 Å². The summed E-state index contributed by atoms with van der Waals surface area (Å²) in [5.41, 5.74) is 4.34. The lowest BCUT2D eigenvalue weighted by molar-refractivity contribution is -0.148. The van der Waals surface area contributed by atoms with Gasteiger partial charge >= 0.3 is 12.1 Å². The number of fused-ring (bicyclic) bond motifs is 3. The van der Waals surface area contributed by atoms with E-state index in [4.69, 9.17) is 4.74 Å². The molecule has 1 unspecified atom stereocenters. The first kappa shape index (κ1) is 23.3. The van der Waals surface area contributed by atoms with Gasteiger partial charge in [-0.25, -0.2) is 9.59 Å². The molecule has 0 aromatic heterocycles. The summed E-state index contributed by atoms with van der Waals surface area (Å²) in [4.78, 5) is 38.3. The Morgan fingerprint density at radius 1 is 1.12 bits per heavy atom. The summed E-state index contributed by atoms with van der Waals surface area (Å²) in [6.45, 7) is 1.58. The van der Waals surface area contributed by atoms with Crippen LogP contribution in [0.15, 0.2) is 48.5 Å². The zero-order chi connectivity index (χ0) is 24.2. The molecule has 4 rings (SSSR count). The average molecular weight is 463 g/mol. The van der Waals surface area contributed by atoms with Crippen molar-refractivity contribution in [1.82, 2.24) is 10.2 Å². The third-order valence-electron chi connectivity index (χ3n) is 6.26. The molecule has 2 aliphatic rings. The molecule has 0 radical (unpaired) electrons. The summed E-state index contributed by atoms with van der Waals surface area (Å²) >= 11 is 0. The van der Waals surface area contributed by atoms with Crippen molar-refractivity contribution in [2.24, 2.45) is 0 Å². The van der Waals surface area contributed by atoms with Gasteiger partial charge in [-0.3, -0.25) is 4.79 Å². The molecular weight excluding hydrogens is 436 g/mol. The molecule has 1 saturated heterocycles. The minimum absolute atomic E-state index is 0.00152. The normalized spacial score (nSPS) is 19.4. The van der Waals surface area contributed by atoms with E-state index in [2.05, 4.69) is 17.2 Å². The minimum Gasteiger partial charge on any atom is -0.480 e. The Bertz CT molecular complexity index is 1120. The first-order chi connectivity index (χ1) is 16.4. The molecule has 3 atom stereocenters. The zero-order valence-electron chi connectivity index (χ0n) is 18.7. The van der Waals surface area contributed by atoms with Crippen molar-refractivity contribution in [1.29, 1.82) is 0 Å². The van der Waals surface area contributed by atoms with Crippen molar-refractivity contribution < 1.29 is 29.3 Å². The number of rotatable bonds is 6. The molecule has 8 heteroatoms. The minimum atomic E-state index is -1.20. The van der Waals surface area contributed by atoms with Gasteiger partial charge < -0.3 is 25.2 Å². The summed E-state index contributed by atoms with van der Waals surface area (Å²) in [7, 11) is 0. The van der Waals surface area contributed by atoms with E-state index in [-0.39, 0.29) is 31.9 Å². The number of likely N-dealkylation sites (tertiary alicyclic amines) is 1. The highest BCUT2D eigenvalue weighted by molar-refractivity contribution is 5.90. The molecule has 0 bridgehead atoms. The standard InChI is InChI=1S/C26H26N2O6/c1-2-3-12-22(24(30)28-14-16(29)13-23(28)25(31)32)27-26(33)34-15-21-19-10-6-4-8-17(19)18-9-5-7-11-20(18)21/h4-11,16,21-23,29H,12-15H2,1H3,(H,27,33)(H,31,32)/t16-,22?,23-/m1/s1. The largest absolute Gasteiger partial charge is 0.480 e. The first-order valence-corrected chi connectivity index (χ1v) is 11.1. The van der Waals surface area contributed by atoms with Crippen LogP contribution in [0.4, 0.5) is 4.79 Å². The number of β-amino-alcohol motifs (C(OH)–C–C–N with tert-alkyl or cyclic N) is 1. The maximum absolute atomic E-state index is 13.0. The lowest BCUT2D eigenvalue weighted by Gasteiger charge is -2.26. The summed E-state index contributed by atoms with van der Waals surface area (Å²) in [6, 6.07) is 13.7. The second-order valence-electron chi connectivity index (χ2n) is 8.39. The highest BCUT2D eigenvalue weighted by Gasteiger charge is 2.41. The summed E-state index contributed by atoms with van der Waals surface area (Å²) in [6.07, 6.45) is -1.78. The lowest BCUT2D eigenvalue weighted by atomic mass is 9.98. The van der Waals surface area contributed by atoms with Crippen molar-refractivity contribution >= 4 is 18.0 Å². The Balaban J connectivity index is 1.45. The molecule has 1 aliphatic carbocycles. The van der Waals surface area contributed by atoms with Gasteiger partial charge in [-0.15, -0.1) is 11.8 Å². The van der Waals surface area contributed by atoms with Crippen LogP contribution in [-0.4, -0.2) is 64.4 Å². The van der Waals surface area contributed by atoms with Crippen molar-refractivity contribution in [2.75, 3.05) is 13.2 Å². The number of carboxylic acids is 1. The predicted molar refractivity (Wildman–Crippen MR) is 124 cm³/mol. The second kappa shape index (κ2) is 9.98. The van der Waals surface area contributed by atoms with Gasteiger partial charge in [0.2, 0.25) is 5.91 Å². The van der Waals surface area contributed by atoms with Gasteiger partial charge in [0, 0.05) is 25.3 Å². The lowest BCUT2D eigenvalue weighted by Crippen LogP contribution is -2.52. The number of hydrogen-bond acceptors (Lipinski definition) is 5. The number of nitrogens with zero attached hydrogens (tertiary/aromatic N) is 1. The number of aliphatic hydroxyl groups excluding tert-OH is 1. The van der Waals surface area contributed by atoms with Crippen LogP contribution in [0.25, 0.3) is 11.1 Å². The molecular formula is C26H26N2O6. The zero-order valence-corrected chi connectivity index (χ0v) is 18.7. The number of carbonyl (C=O) groups excluding carboxylic acids is 2. The van der Waals surface area contributed by atoms with E-state index < -0.39 is 36.2 Å². The first-order valence-electron chi connectivity index (χ1n) is 11.1. The van der Waals surface area contributed by atoms with Gasteiger partial charge in [-0.05, 0) is 29.2 Å². The van der Waals surface area contributed by atoms with Gasteiger partial charge in [0.25, 0.3) is 0 Å². The van der Waals surface area contributed by atoms with E-state index in [0.717, 1.165) is 27.2 Å². The van der Waals surface area contributed by atoms with Gasteiger partial charge in [0.1, 0.15) is 18.7 Å². The van der Waals surface area contributed by atoms with Crippen molar-refractivity contribution in [3.8, 4) is 23.0 Å². The molecule has 1 fully saturated rings. The van der Waals surface area contributed by atoms with Gasteiger partial charge in [0.15, 0.2) is 0 Å². The Labute approximate surface area is 197 Å². The summed E-state index contributed by atoms with van der Waals surface area (Å²) in [5, 5.41) is 21.8. The highest BCUT2D eigenvalue weighted by atomic mass is 16.5. The number of amides is 2. The van der Waals surface area contributed by atoms with E-state index in [1.165, 1.54) is 0 Å². The van der Waals surface area contributed by atoms with Crippen LogP contribution in [-0.2, 0) is 14.3 Å². The molecule has 2 amide bonds. The van der Waals surface area contributed by atoms with Crippen LogP contribution in [0.5, 0.6) is 0 Å². The van der Waals surface area contributed by atoms with Crippen molar-refractivity contribution in [3.05, 3.63) is 59.7 Å². The Morgan fingerprint density at radius 2 is 1.74 bits per heavy atom. The topological polar surface area (TPSA) is 116 Å². The second-order valence-corrected chi connectivity index (χ2v) is 8.39. The molecule has 1 heterocycles. The Kier molecular flexibility index (Phi) is 6.85. The number of carboxylic acid groups (broad SMARTS) is 1.